The molecule has 1 saturated heterocycles. The van der Waals surface area contributed by atoms with E-state index in [9.17, 15) is 5.11 Å². The number of hydrogen-bond donors (Lipinski definition) is 2. The van der Waals surface area contributed by atoms with Gasteiger partial charge < -0.3 is 15.7 Å². The summed E-state index contributed by atoms with van der Waals surface area (Å²) in [6.45, 7) is 5.21. The Labute approximate surface area is 106 Å². The average molecular weight is 257 g/mol. The second-order valence-electron chi connectivity index (χ2n) is 4.59. The third-order valence-corrected chi connectivity index (χ3v) is 3.48. The van der Waals surface area contributed by atoms with Gasteiger partial charge in [-0.3, -0.25) is 0 Å². The minimum absolute atomic E-state index is 0.194. The summed E-state index contributed by atoms with van der Waals surface area (Å²) in [4.78, 5) is 10.1. The van der Waals surface area contributed by atoms with Crippen LogP contribution in [0.5, 0.6) is 0 Å². The number of nitrogens with zero attached hydrogens (tertiary/aromatic N) is 3. The lowest BCUT2D eigenvalue weighted by molar-refractivity contribution is 0.102. The largest absolute Gasteiger partial charge is 0.394 e. The zero-order chi connectivity index (χ0) is 12.6. The molecule has 0 saturated carbocycles. The number of piperidine rings is 1. The highest BCUT2D eigenvalue weighted by molar-refractivity contribution is 6.28. The van der Waals surface area contributed by atoms with Crippen LogP contribution in [0.4, 0.5) is 11.5 Å². The minimum atomic E-state index is -0.350. The SMILES string of the molecule is Cc1nc(Cl)nc(N2CCC(C)C(O)C2)c1N. The van der Waals surface area contributed by atoms with Crippen LogP contribution in [0.2, 0.25) is 5.28 Å². The molecule has 5 nitrogen and oxygen atoms in total. The Kier molecular flexibility index (Phi) is 3.40. The van der Waals surface area contributed by atoms with Crippen molar-refractivity contribution in [2.75, 3.05) is 23.7 Å². The Bertz CT molecular complexity index is 426. The molecule has 94 valence electrons. The predicted octanol–water partition coefficient (Wildman–Crippen LogP) is 1.23. The first-order valence-corrected chi connectivity index (χ1v) is 6.09. The number of rotatable bonds is 1. The zero-order valence-electron chi connectivity index (χ0n) is 10.0. The number of aliphatic hydroxyl groups excluding tert-OH is 1. The Morgan fingerprint density at radius 3 is 2.82 bits per heavy atom. The van der Waals surface area contributed by atoms with E-state index >= 15 is 0 Å². The zero-order valence-corrected chi connectivity index (χ0v) is 10.8. The number of anilines is 2. The molecule has 0 aromatic carbocycles. The number of aryl methyl sites for hydroxylation is 1. The number of hydrogen-bond acceptors (Lipinski definition) is 5. The van der Waals surface area contributed by atoms with E-state index in [1.165, 1.54) is 0 Å². The third-order valence-electron chi connectivity index (χ3n) is 3.31. The molecule has 0 aliphatic carbocycles. The van der Waals surface area contributed by atoms with Gasteiger partial charge in [0.2, 0.25) is 5.28 Å². The number of halogens is 1. The molecule has 2 atom stereocenters. The van der Waals surface area contributed by atoms with Gasteiger partial charge in [-0.2, -0.15) is 4.98 Å². The van der Waals surface area contributed by atoms with Crippen LogP contribution in [-0.2, 0) is 0 Å². The molecule has 2 heterocycles. The van der Waals surface area contributed by atoms with Crippen LogP contribution >= 0.6 is 11.6 Å². The topological polar surface area (TPSA) is 75.3 Å². The van der Waals surface area contributed by atoms with Gasteiger partial charge in [-0.25, -0.2) is 4.98 Å². The van der Waals surface area contributed by atoms with Gasteiger partial charge in [-0.05, 0) is 30.9 Å². The van der Waals surface area contributed by atoms with Gasteiger partial charge in [-0.1, -0.05) is 6.92 Å². The highest BCUT2D eigenvalue weighted by Gasteiger charge is 2.26. The molecular weight excluding hydrogens is 240 g/mol. The lowest BCUT2D eigenvalue weighted by atomic mass is 9.96. The van der Waals surface area contributed by atoms with Gasteiger partial charge >= 0.3 is 0 Å². The fourth-order valence-corrected chi connectivity index (χ4v) is 2.22. The Morgan fingerprint density at radius 1 is 1.47 bits per heavy atom. The molecule has 3 N–H and O–H groups in total. The Hall–Kier alpha value is -1.07. The predicted molar refractivity (Wildman–Crippen MR) is 68.2 cm³/mol. The standard InChI is InChI=1S/C11H17ClN4O/c1-6-3-4-16(5-8(6)17)10-9(13)7(2)14-11(12)15-10/h6,8,17H,3-5,13H2,1-2H3. The Balaban J connectivity index is 2.28. The highest BCUT2D eigenvalue weighted by Crippen LogP contribution is 2.28. The van der Waals surface area contributed by atoms with Crippen molar-refractivity contribution in [1.29, 1.82) is 0 Å². The number of aliphatic hydroxyl groups is 1. The van der Waals surface area contributed by atoms with Crippen molar-refractivity contribution in [3.05, 3.63) is 11.0 Å². The summed E-state index contributed by atoms with van der Waals surface area (Å²) < 4.78 is 0. The first-order chi connectivity index (χ1) is 7.99. The van der Waals surface area contributed by atoms with Crippen LogP contribution in [0.1, 0.15) is 19.0 Å². The van der Waals surface area contributed by atoms with Gasteiger partial charge in [-0.15, -0.1) is 0 Å². The summed E-state index contributed by atoms with van der Waals surface area (Å²) in [5.41, 5.74) is 7.17. The monoisotopic (exact) mass is 256 g/mol. The van der Waals surface area contributed by atoms with E-state index in [-0.39, 0.29) is 11.4 Å². The van der Waals surface area contributed by atoms with Crippen LogP contribution in [0.3, 0.4) is 0 Å². The minimum Gasteiger partial charge on any atom is -0.394 e. The molecule has 1 fully saturated rings. The van der Waals surface area contributed by atoms with E-state index in [1.54, 1.807) is 6.92 Å². The first kappa shape index (κ1) is 12.4. The van der Waals surface area contributed by atoms with Crippen molar-refractivity contribution in [2.45, 2.75) is 26.4 Å². The number of nitrogens with two attached hydrogens (primary N) is 1. The maximum Gasteiger partial charge on any atom is 0.224 e. The summed E-state index contributed by atoms with van der Waals surface area (Å²) >= 11 is 5.84. The normalized spacial score (nSPS) is 25.1. The number of β-amino-alcohol motifs (C(OH)–C–C–N with tert-alkyl or cyclic N) is 1. The lowest BCUT2D eigenvalue weighted by Crippen LogP contribution is -2.43. The van der Waals surface area contributed by atoms with Crippen LogP contribution in [0.15, 0.2) is 0 Å². The summed E-state index contributed by atoms with van der Waals surface area (Å²) in [6, 6.07) is 0. The average Bonchev–Trinajstić information content (AvgIpc) is 2.27. The quantitative estimate of drug-likeness (QED) is 0.739. The molecule has 1 aromatic rings. The lowest BCUT2D eigenvalue weighted by Gasteiger charge is -2.35. The molecule has 0 radical (unpaired) electrons. The van der Waals surface area contributed by atoms with Crippen LogP contribution < -0.4 is 10.6 Å². The number of nitrogen functional groups attached to an aromatic ring is 1. The van der Waals surface area contributed by atoms with E-state index in [1.807, 2.05) is 11.8 Å². The third kappa shape index (κ3) is 2.45. The summed E-state index contributed by atoms with van der Waals surface area (Å²) in [6.07, 6.45) is 0.568. The van der Waals surface area contributed by atoms with Gasteiger partial charge in [0.15, 0.2) is 5.82 Å². The van der Waals surface area contributed by atoms with Crippen molar-refractivity contribution in [2.24, 2.45) is 5.92 Å². The van der Waals surface area contributed by atoms with E-state index in [0.717, 1.165) is 13.0 Å². The second kappa shape index (κ2) is 4.66. The molecule has 6 heteroatoms. The van der Waals surface area contributed by atoms with Gasteiger partial charge in [0.25, 0.3) is 0 Å². The molecular formula is C11H17ClN4O. The number of aromatic nitrogens is 2. The van der Waals surface area contributed by atoms with Crippen LogP contribution in [0, 0.1) is 12.8 Å². The maximum absolute atomic E-state index is 9.88. The molecule has 1 aliphatic rings. The van der Waals surface area contributed by atoms with Gasteiger partial charge in [0.05, 0.1) is 17.5 Å². The van der Waals surface area contributed by atoms with Crippen molar-refractivity contribution in [3.63, 3.8) is 0 Å². The second-order valence-corrected chi connectivity index (χ2v) is 4.93. The molecule has 17 heavy (non-hydrogen) atoms. The molecule has 0 amide bonds. The molecule has 2 unspecified atom stereocenters. The van der Waals surface area contributed by atoms with E-state index in [4.69, 9.17) is 17.3 Å². The molecule has 1 aliphatic heterocycles. The summed E-state index contributed by atoms with van der Waals surface area (Å²) in [5, 5.41) is 10.1. The van der Waals surface area contributed by atoms with Crippen LogP contribution in [-0.4, -0.2) is 34.3 Å². The smallest absolute Gasteiger partial charge is 0.224 e. The highest BCUT2D eigenvalue weighted by atomic mass is 35.5. The fourth-order valence-electron chi connectivity index (χ4n) is 2.02. The van der Waals surface area contributed by atoms with E-state index in [0.29, 0.717) is 29.7 Å². The molecule has 0 spiro atoms. The molecule has 0 bridgehead atoms. The molecule has 1 aromatic heterocycles. The molecule has 2 rings (SSSR count). The maximum atomic E-state index is 9.88. The van der Waals surface area contributed by atoms with E-state index in [2.05, 4.69) is 9.97 Å². The first-order valence-electron chi connectivity index (χ1n) is 5.71. The summed E-state index contributed by atoms with van der Waals surface area (Å²) in [7, 11) is 0. The van der Waals surface area contributed by atoms with Gasteiger partial charge in [0.1, 0.15) is 0 Å². The van der Waals surface area contributed by atoms with Crippen molar-refractivity contribution in [1.82, 2.24) is 9.97 Å². The van der Waals surface area contributed by atoms with Crippen molar-refractivity contribution < 1.29 is 5.11 Å². The van der Waals surface area contributed by atoms with E-state index < -0.39 is 0 Å². The fraction of sp³-hybridized carbons (Fsp3) is 0.636. The van der Waals surface area contributed by atoms with Gasteiger partial charge in [0, 0.05) is 13.1 Å². The van der Waals surface area contributed by atoms with Crippen LogP contribution in [0.25, 0.3) is 0 Å². The van der Waals surface area contributed by atoms with Crippen molar-refractivity contribution >= 4 is 23.1 Å². The Morgan fingerprint density at radius 2 is 2.18 bits per heavy atom. The summed E-state index contributed by atoms with van der Waals surface area (Å²) in [5.74, 6) is 0.944. The van der Waals surface area contributed by atoms with Crippen molar-refractivity contribution in [3.8, 4) is 0 Å².